The normalized spacial score (nSPS) is 17.8. The van der Waals surface area contributed by atoms with Crippen molar-refractivity contribution in [2.45, 2.75) is 45.3 Å². The minimum atomic E-state index is -0.641. The topological polar surface area (TPSA) is 49.9 Å². The molecule has 5 nitrogen and oxygen atoms in total. The molecule has 0 aromatic heterocycles. The van der Waals surface area contributed by atoms with E-state index in [1.165, 1.54) is 0 Å². The van der Waals surface area contributed by atoms with Crippen molar-refractivity contribution in [1.82, 2.24) is 9.80 Å². The Morgan fingerprint density at radius 2 is 1.68 bits per heavy atom. The van der Waals surface area contributed by atoms with Crippen molar-refractivity contribution >= 4 is 11.8 Å². The molecule has 0 bridgehead atoms. The van der Waals surface area contributed by atoms with Gasteiger partial charge in [0.2, 0.25) is 5.91 Å². The first-order chi connectivity index (χ1) is 13.4. The van der Waals surface area contributed by atoms with Crippen LogP contribution in [0.25, 0.3) is 0 Å². The maximum absolute atomic E-state index is 13.5. The summed E-state index contributed by atoms with van der Waals surface area (Å²) in [5.74, 6) is 0.650. The summed E-state index contributed by atoms with van der Waals surface area (Å²) in [4.78, 5) is 30.1. The van der Waals surface area contributed by atoms with Gasteiger partial charge in [0.25, 0.3) is 5.91 Å². The Kier molecular flexibility index (Phi) is 5.73. The lowest BCUT2D eigenvalue weighted by Gasteiger charge is -2.47. The second kappa shape index (κ2) is 8.05. The van der Waals surface area contributed by atoms with Crippen molar-refractivity contribution in [3.05, 3.63) is 65.7 Å². The van der Waals surface area contributed by atoms with Crippen LogP contribution in [0.5, 0.6) is 5.75 Å². The molecule has 3 rings (SSSR count). The van der Waals surface area contributed by atoms with Crippen LogP contribution in [0.4, 0.5) is 0 Å². The SMILES string of the molecule is CCC(C)(C)N1CC(=O)N(Cc2ccccc2)[C@@H](c2ccc(OC)cc2)C1=O. The Labute approximate surface area is 166 Å². The molecule has 28 heavy (non-hydrogen) atoms. The van der Waals surface area contributed by atoms with Crippen molar-refractivity contribution in [3.63, 3.8) is 0 Å². The van der Waals surface area contributed by atoms with Crippen LogP contribution < -0.4 is 4.74 Å². The summed E-state index contributed by atoms with van der Waals surface area (Å²) in [5.41, 5.74) is 1.42. The van der Waals surface area contributed by atoms with Crippen molar-refractivity contribution in [1.29, 1.82) is 0 Å². The van der Waals surface area contributed by atoms with Crippen molar-refractivity contribution < 1.29 is 14.3 Å². The van der Waals surface area contributed by atoms with Crippen LogP contribution in [-0.2, 0) is 16.1 Å². The van der Waals surface area contributed by atoms with Gasteiger partial charge in [-0.15, -0.1) is 0 Å². The number of carbonyl (C=O) groups is 2. The van der Waals surface area contributed by atoms with E-state index in [1.54, 1.807) is 16.9 Å². The van der Waals surface area contributed by atoms with Crippen LogP contribution in [0.3, 0.4) is 0 Å². The minimum Gasteiger partial charge on any atom is -0.497 e. The van der Waals surface area contributed by atoms with Gasteiger partial charge in [-0.3, -0.25) is 9.59 Å². The number of rotatable bonds is 6. The molecule has 1 aliphatic heterocycles. The second-order valence-corrected chi connectivity index (χ2v) is 7.77. The van der Waals surface area contributed by atoms with E-state index in [-0.39, 0.29) is 23.9 Å². The third kappa shape index (κ3) is 3.88. The van der Waals surface area contributed by atoms with Gasteiger partial charge in [-0.05, 0) is 43.5 Å². The lowest BCUT2D eigenvalue weighted by atomic mass is 9.93. The molecule has 1 saturated heterocycles. The van der Waals surface area contributed by atoms with Crippen LogP contribution in [-0.4, -0.2) is 40.8 Å². The van der Waals surface area contributed by atoms with Crippen LogP contribution in [0.1, 0.15) is 44.4 Å². The fourth-order valence-corrected chi connectivity index (χ4v) is 3.50. The summed E-state index contributed by atoms with van der Waals surface area (Å²) in [6.07, 6.45) is 0.778. The van der Waals surface area contributed by atoms with Crippen molar-refractivity contribution in [2.24, 2.45) is 0 Å². The van der Waals surface area contributed by atoms with Gasteiger partial charge in [0.15, 0.2) is 0 Å². The Balaban J connectivity index is 2.01. The third-order valence-electron chi connectivity index (χ3n) is 5.65. The second-order valence-electron chi connectivity index (χ2n) is 7.77. The number of methoxy groups -OCH3 is 1. The standard InChI is InChI=1S/C23H28N2O3/c1-5-23(2,3)25-16-20(26)24(15-17-9-7-6-8-10-17)21(22(25)27)18-11-13-19(28-4)14-12-18/h6-14,21H,5,15-16H2,1-4H3/t21-/m0/s1. The van der Waals surface area contributed by atoms with Crippen LogP contribution in [0, 0.1) is 0 Å². The van der Waals surface area contributed by atoms with Crippen molar-refractivity contribution in [3.8, 4) is 5.75 Å². The number of carbonyl (C=O) groups excluding carboxylic acids is 2. The molecule has 2 aromatic carbocycles. The van der Waals surface area contributed by atoms with Gasteiger partial charge in [-0.25, -0.2) is 0 Å². The average Bonchev–Trinajstić information content (AvgIpc) is 2.71. The molecule has 148 valence electrons. The summed E-state index contributed by atoms with van der Waals surface area (Å²) in [6.45, 7) is 6.57. The highest BCUT2D eigenvalue weighted by molar-refractivity contribution is 5.96. The first-order valence-electron chi connectivity index (χ1n) is 9.66. The molecule has 2 amide bonds. The van der Waals surface area contributed by atoms with E-state index in [2.05, 4.69) is 0 Å². The number of hydrogen-bond donors (Lipinski definition) is 0. The predicted molar refractivity (Wildman–Crippen MR) is 109 cm³/mol. The van der Waals surface area contributed by atoms with E-state index < -0.39 is 6.04 Å². The number of ether oxygens (including phenoxy) is 1. The Morgan fingerprint density at radius 3 is 2.25 bits per heavy atom. The van der Waals surface area contributed by atoms with E-state index in [4.69, 9.17) is 4.74 Å². The van der Waals surface area contributed by atoms with Crippen LogP contribution in [0.2, 0.25) is 0 Å². The summed E-state index contributed by atoms with van der Waals surface area (Å²) in [7, 11) is 1.61. The van der Waals surface area contributed by atoms with Gasteiger partial charge >= 0.3 is 0 Å². The molecule has 1 aliphatic rings. The lowest BCUT2D eigenvalue weighted by molar-refractivity contribution is -0.162. The van der Waals surface area contributed by atoms with Crippen molar-refractivity contribution in [2.75, 3.05) is 13.7 Å². The largest absolute Gasteiger partial charge is 0.497 e. The number of benzene rings is 2. The quantitative estimate of drug-likeness (QED) is 0.766. The monoisotopic (exact) mass is 380 g/mol. The Bertz CT molecular complexity index is 831. The zero-order chi connectivity index (χ0) is 20.3. The molecule has 0 saturated carbocycles. The van der Waals surface area contributed by atoms with Crippen LogP contribution in [0.15, 0.2) is 54.6 Å². The van der Waals surface area contributed by atoms with Gasteiger partial charge < -0.3 is 14.5 Å². The zero-order valence-corrected chi connectivity index (χ0v) is 17.0. The third-order valence-corrected chi connectivity index (χ3v) is 5.65. The van der Waals surface area contributed by atoms with E-state index in [9.17, 15) is 9.59 Å². The van der Waals surface area contributed by atoms with Crippen LogP contribution >= 0.6 is 0 Å². The molecule has 0 unspecified atom stereocenters. The van der Waals surface area contributed by atoms with Gasteiger partial charge in [0.05, 0.1) is 7.11 Å². The smallest absolute Gasteiger partial charge is 0.250 e. The molecule has 0 radical (unpaired) electrons. The number of piperazine rings is 1. The molecule has 0 N–H and O–H groups in total. The average molecular weight is 380 g/mol. The number of nitrogens with zero attached hydrogens (tertiary/aromatic N) is 2. The minimum absolute atomic E-state index is 0.0347. The molecule has 1 fully saturated rings. The first-order valence-corrected chi connectivity index (χ1v) is 9.66. The van der Waals surface area contributed by atoms with Gasteiger partial charge in [0.1, 0.15) is 18.3 Å². The fraction of sp³-hybridized carbons (Fsp3) is 0.391. The molecular formula is C23H28N2O3. The summed E-state index contributed by atoms with van der Waals surface area (Å²) >= 11 is 0. The van der Waals surface area contributed by atoms with Gasteiger partial charge in [-0.2, -0.15) is 0 Å². The Morgan fingerprint density at radius 1 is 1.04 bits per heavy atom. The van der Waals surface area contributed by atoms with E-state index >= 15 is 0 Å². The molecule has 5 heteroatoms. The highest BCUT2D eigenvalue weighted by Crippen LogP contribution is 2.34. The zero-order valence-electron chi connectivity index (χ0n) is 17.0. The number of hydrogen-bond acceptors (Lipinski definition) is 3. The lowest BCUT2D eigenvalue weighted by Crippen LogP contribution is -2.61. The summed E-state index contributed by atoms with van der Waals surface area (Å²) < 4.78 is 5.24. The van der Waals surface area contributed by atoms with Gasteiger partial charge in [-0.1, -0.05) is 49.4 Å². The fourth-order valence-electron chi connectivity index (χ4n) is 3.50. The van der Waals surface area contributed by atoms with E-state index in [0.29, 0.717) is 6.54 Å². The van der Waals surface area contributed by atoms with E-state index in [1.807, 2.05) is 75.4 Å². The molecule has 0 aliphatic carbocycles. The molecule has 1 heterocycles. The maximum atomic E-state index is 13.5. The molecule has 1 atom stereocenters. The Hall–Kier alpha value is -2.82. The summed E-state index contributed by atoms with van der Waals surface area (Å²) in [6, 6.07) is 16.5. The number of amides is 2. The maximum Gasteiger partial charge on any atom is 0.250 e. The summed E-state index contributed by atoms with van der Waals surface area (Å²) in [5, 5.41) is 0. The predicted octanol–water partition coefficient (Wildman–Crippen LogP) is 3.80. The molecular weight excluding hydrogens is 352 g/mol. The molecule has 2 aromatic rings. The van der Waals surface area contributed by atoms with E-state index in [0.717, 1.165) is 23.3 Å². The van der Waals surface area contributed by atoms with Gasteiger partial charge in [0, 0.05) is 12.1 Å². The highest BCUT2D eigenvalue weighted by atomic mass is 16.5. The highest BCUT2D eigenvalue weighted by Gasteiger charge is 2.44. The first kappa shape index (κ1) is 19.9. The molecule has 0 spiro atoms.